The first-order valence-electron chi connectivity index (χ1n) is 8.12. The van der Waals surface area contributed by atoms with Crippen molar-refractivity contribution in [3.05, 3.63) is 24.2 Å². The number of amides is 4. The number of thioether (sulfide) groups is 1. The summed E-state index contributed by atoms with van der Waals surface area (Å²) < 4.78 is 10.0. The van der Waals surface area contributed by atoms with Gasteiger partial charge >= 0.3 is 12.0 Å². The highest BCUT2D eigenvalue weighted by Gasteiger charge is 2.53. The molecule has 0 radical (unpaired) electrons. The van der Waals surface area contributed by atoms with E-state index in [1.54, 1.807) is 17.0 Å². The van der Waals surface area contributed by atoms with Crippen LogP contribution < -0.4 is 10.6 Å². The Labute approximate surface area is 153 Å². The molecule has 3 heterocycles. The van der Waals surface area contributed by atoms with Crippen LogP contribution in [0.4, 0.5) is 4.79 Å². The largest absolute Gasteiger partial charge is 0.467 e. The van der Waals surface area contributed by atoms with Crippen molar-refractivity contribution >= 4 is 35.6 Å². The summed E-state index contributed by atoms with van der Waals surface area (Å²) in [5.41, 5.74) is 0. The minimum Gasteiger partial charge on any atom is -0.467 e. The molecule has 0 unspecified atom stereocenters. The second kappa shape index (κ2) is 7.40. The van der Waals surface area contributed by atoms with Crippen LogP contribution in [0.5, 0.6) is 0 Å². The number of esters is 1. The van der Waals surface area contributed by atoms with Gasteiger partial charge in [0.2, 0.25) is 5.91 Å². The van der Waals surface area contributed by atoms with Crippen LogP contribution in [-0.2, 0) is 25.7 Å². The molecule has 0 aliphatic carbocycles. The van der Waals surface area contributed by atoms with Gasteiger partial charge in [0.25, 0.3) is 5.91 Å². The summed E-state index contributed by atoms with van der Waals surface area (Å²) >= 11 is 1.54. The third-order valence-electron chi connectivity index (χ3n) is 4.32. The van der Waals surface area contributed by atoms with E-state index in [1.807, 2.05) is 6.92 Å². The summed E-state index contributed by atoms with van der Waals surface area (Å²) in [7, 11) is 0. The van der Waals surface area contributed by atoms with Gasteiger partial charge in [0, 0.05) is 12.2 Å². The van der Waals surface area contributed by atoms with Crippen molar-refractivity contribution in [2.45, 2.75) is 37.2 Å². The Bertz CT molecular complexity index is 722. The minimum atomic E-state index is -0.753. The van der Waals surface area contributed by atoms with Crippen LogP contribution >= 0.6 is 11.8 Å². The van der Waals surface area contributed by atoms with E-state index in [2.05, 4.69) is 10.6 Å². The quantitative estimate of drug-likeness (QED) is 0.717. The summed E-state index contributed by atoms with van der Waals surface area (Å²) in [6.07, 6.45) is 2.57. The molecule has 0 spiro atoms. The fourth-order valence-corrected chi connectivity index (χ4v) is 4.43. The maximum absolute atomic E-state index is 12.2. The van der Waals surface area contributed by atoms with E-state index in [4.69, 9.17) is 9.15 Å². The lowest BCUT2D eigenvalue weighted by Gasteiger charge is -2.29. The standard InChI is InChI=1S/C16H19N3O6S/c1-16-5-4-13(21)19(16)11(9-26-16)14(22)25-8-12(20)18-15(23)17-7-10-3-2-6-24-10/h2-3,6,11H,4-5,7-9H2,1H3,(H2,17,18,20,23)/t11-,16-/m0/s1. The molecule has 26 heavy (non-hydrogen) atoms. The molecule has 0 aromatic carbocycles. The Morgan fingerprint density at radius 1 is 1.46 bits per heavy atom. The molecular formula is C16H19N3O6S. The van der Waals surface area contributed by atoms with Gasteiger partial charge in [-0.05, 0) is 25.5 Å². The van der Waals surface area contributed by atoms with Crippen LogP contribution in [0.15, 0.2) is 22.8 Å². The maximum atomic E-state index is 12.2. The molecule has 2 aliphatic heterocycles. The Kier molecular flexibility index (Phi) is 5.21. The normalized spacial score (nSPS) is 24.3. The second-order valence-corrected chi connectivity index (χ2v) is 7.68. The number of nitrogens with one attached hydrogen (secondary N) is 2. The lowest BCUT2D eigenvalue weighted by atomic mass is 10.2. The highest BCUT2D eigenvalue weighted by atomic mass is 32.2. The van der Waals surface area contributed by atoms with Crippen LogP contribution in [0.1, 0.15) is 25.5 Å². The summed E-state index contributed by atoms with van der Waals surface area (Å²) in [5, 5.41) is 4.50. The number of carbonyl (C=O) groups excluding carboxylic acids is 4. The van der Waals surface area contributed by atoms with Gasteiger partial charge in [0.1, 0.15) is 11.8 Å². The van der Waals surface area contributed by atoms with E-state index in [9.17, 15) is 19.2 Å². The highest BCUT2D eigenvalue weighted by Crippen LogP contribution is 2.47. The molecule has 3 rings (SSSR count). The van der Waals surface area contributed by atoms with Crippen molar-refractivity contribution in [3.63, 3.8) is 0 Å². The molecule has 2 N–H and O–H groups in total. The highest BCUT2D eigenvalue weighted by molar-refractivity contribution is 8.01. The van der Waals surface area contributed by atoms with Crippen molar-refractivity contribution in [1.82, 2.24) is 15.5 Å². The minimum absolute atomic E-state index is 0.0822. The first-order chi connectivity index (χ1) is 12.4. The molecular weight excluding hydrogens is 362 g/mol. The first kappa shape index (κ1) is 18.3. The molecule has 2 aliphatic rings. The molecule has 0 saturated carbocycles. The zero-order valence-corrected chi connectivity index (χ0v) is 15.0. The van der Waals surface area contributed by atoms with Gasteiger partial charge in [-0.1, -0.05) is 0 Å². The second-order valence-electron chi connectivity index (χ2n) is 6.18. The number of fused-ring (bicyclic) bond motifs is 1. The zero-order valence-electron chi connectivity index (χ0n) is 14.1. The molecule has 0 bridgehead atoms. The summed E-state index contributed by atoms with van der Waals surface area (Å²) in [5.74, 6) is -0.497. The average molecular weight is 381 g/mol. The van der Waals surface area contributed by atoms with Gasteiger partial charge in [-0.3, -0.25) is 14.9 Å². The van der Waals surface area contributed by atoms with Crippen molar-refractivity contribution in [2.75, 3.05) is 12.4 Å². The fraction of sp³-hybridized carbons (Fsp3) is 0.500. The van der Waals surface area contributed by atoms with E-state index in [1.165, 1.54) is 18.0 Å². The van der Waals surface area contributed by atoms with Crippen molar-refractivity contribution in [3.8, 4) is 0 Å². The van der Waals surface area contributed by atoms with Gasteiger partial charge in [0.05, 0.1) is 17.7 Å². The summed E-state index contributed by atoms with van der Waals surface area (Å²) in [4.78, 5) is 48.7. The van der Waals surface area contributed by atoms with E-state index < -0.39 is 30.6 Å². The monoisotopic (exact) mass is 381 g/mol. The molecule has 2 fully saturated rings. The van der Waals surface area contributed by atoms with Crippen LogP contribution in [-0.4, -0.2) is 52.0 Å². The molecule has 140 valence electrons. The smallest absolute Gasteiger partial charge is 0.330 e. The number of ether oxygens (including phenoxy) is 1. The first-order valence-corrected chi connectivity index (χ1v) is 9.10. The molecule has 10 heteroatoms. The Hall–Kier alpha value is -2.49. The number of furan rings is 1. The van der Waals surface area contributed by atoms with Crippen LogP contribution in [0.2, 0.25) is 0 Å². The number of imide groups is 1. The average Bonchev–Trinajstić information content (AvgIpc) is 3.29. The Morgan fingerprint density at radius 3 is 3.00 bits per heavy atom. The molecule has 2 saturated heterocycles. The summed E-state index contributed by atoms with van der Waals surface area (Å²) in [6.45, 7) is 1.46. The topological polar surface area (TPSA) is 118 Å². The van der Waals surface area contributed by atoms with Gasteiger partial charge < -0.3 is 19.4 Å². The third-order valence-corrected chi connectivity index (χ3v) is 5.82. The number of urea groups is 1. The van der Waals surface area contributed by atoms with E-state index in [0.29, 0.717) is 24.4 Å². The molecule has 9 nitrogen and oxygen atoms in total. The molecule has 4 amide bonds. The number of carbonyl (C=O) groups is 4. The van der Waals surface area contributed by atoms with Crippen LogP contribution in [0.25, 0.3) is 0 Å². The summed E-state index contributed by atoms with van der Waals surface area (Å²) in [6, 6.07) is 1.94. The lowest BCUT2D eigenvalue weighted by Crippen LogP contribution is -2.47. The predicted octanol–water partition coefficient (Wildman–Crippen LogP) is 0.603. The van der Waals surface area contributed by atoms with Crippen molar-refractivity contribution in [1.29, 1.82) is 0 Å². The lowest BCUT2D eigenvalue weighted by molar-refractivity contribution is -0.156. The number of hydrogen-bond donors (Lipinski definition) is 2. The van der Waals surface area contributed by atoms with E-state index in [0.717, 1.165) is 0 Å². The van der Waals surface area contributed by atoms with Gasteiger partial charge in [-0.2, -0.15) is 0 Å². The fourth-order valence-electron chi connectivity index (χ4n) is 3.02. The Morgan fingerprint density at radius 2 is 2.27 bits per heavy atom. The van der Waals surface area contributed by atoms with Gasteiger partial charge in [-0.15, -0.1) is 11.8 Å². The number of nitrogens with zero attached hydrogens (tertiary/aromatic N) is 1. The van der Waals surface area contributed by atoms with Crippen molar-refractivity contribution in [2.24, 2.45) is 0 Å². The molecule has 2 atom stereocenters. The third kappa shape index (κ3) is 3.85. The maximum Gasteiger partial charge on any atom is 0.330 e. The van der Waals surface area contributed by atoms with Gasteiger partial charge in [-0.25, -0.2) is 9.59 Å². The van der Waals surface area contributed by atoms with Crippen molar-refractivity contribution < 1.29 is 28.3 Å². The number of hydrogen-bond acceptors (Lipinski definition) is 7. The van der Waals surface area contributed by atoms with E-state index in [-0.39, 0.29) is 17.3 Å². The van der Waals surface area contributed by atoms with Gasteiger partial charge in [0.15, 0.2) is 6.61 Å². The zero-order chi connectivity index (χ0) is 18.7. The van der Waals surface area contributed by atoms with Crippen LogP contribution in [0, 0.1) is 0 Å². The molecule has 1 aromatic rings. The molecule has 1 aromatic heterocycles. The number of rotatable bonds is 5. The SMILES string of the molecule is C[C@]12CCC(=O)N1[C@H](C(=O)OCC(=O)NC(=O)NCc1ccco1)CS2. The Balaban J connectivity index is 1.42. The van der Waals surface area contributed by atoms with E-state index >= 15 is 0 Å². The van der Waals surface area contributed by atoms with Crippen LogP contribution in [0.3, 0.4) is 0 Å². The predicted molar refractivity (Wildman–Crippen MR) is 90.8 cm³/mol.